The van der Waals surface area contributed by atoms with Gasteiger partial charge in [-0.3, -0.25) is 14.5 Å². The molecule has 2 heterocycles. The number of piperazine rings is 1. The van der Waals surface area contributed by atoms with Gasteiger partial charge in [0.05, 0.1) is 18.7 Å². The number of rotatable bonds is 6. The zero-order chi connectivity index (χ0) is 18.7. The summed E-state index contributed by atoms with van der Waals surface area (Å²) in [6, 6.07) is 6.69. The number of methoxy groups -OCH3 is 1. The molecule has 0 unspecified atom stereocenters. The SMILES string of the molecule is COc1cccc([C@@H]2C(C(C)=O)=C(O)C(=O)N2CCN2CCNCC2)c1. The number of benzene rings is 1. The molecule has 140 valence electrons. The molecule has 7 nitrogen and oxygen atoms in total. The van der Waals surface area contributed by atoms with Gasteiger partial charge in [-0.1, -0.05) is 12.1 Å². The van der Waals surface area contributed by atoms with Gasteiger partial charge in [-0.15, -0.1) is 0 Å². The highest BCUT2D eigenvalue weighted by Crippen LogP contribution is 2.38. The third-order valence-corrected chi connectivity index (χ3v) is 4.96. The Balaban J connectivity index is 1.88. The van der Waals surface area contributed by atoms with Crippen molar-refractivity contribution < 1.29 is 19.4 Å². The van der Waals surface area contributed by atoms with Gasteiger partial charge in [0.15, 0.2) is 11.5 Å². The molecule has 1 fully saturated rings. The summed E-state index contributed by atoms with van der Waals surface area (Å²) >= 11 is 0. The fraction of sp³-hybridized carbons (Fsp3) is 0.474. The first kappa shape index (κ1) is 18.4. The van der Waals surface area contributed by atoms with Gasteiger partial charge in [-0.05, 0) is 24.6 Å². The number of hydrogen-bond donors (Lipinski definition) is 2. The second-order valence-electron chi connectivity index (χ2n) is 6.59. The minimum atomic E-state index is -0.585. The van der Waals surface area contributed by atoms with Gasteiger partial charge in [0.2, 0.25) is 0 Å². The quantitative estimate of drug-likeness (QED) is 0.785. The Kier molecular flexibility index (Phi) is 5.58. The van der Waals surface area contributed by atoms with Gasteiger partial charge in [-0.25, -0.2) is 0 Å². The second-order valence-corrected chi connectivity index (χ2v) is 6.59. The highest BCUT2D eigenvalue weighted by molar-refractivity contribution is 6.08. The lowest BCUT2D eigenvalue weighted by Gasteiger charge is -2.32. The molecule has 1 atom stereocenters. The molecule has 0 radical (unpaired) electrons. The number of carbonyl (C=O) groups excluding carboxylic acids is 2. The van der Waals surface area contributed by atoms with Gasteiger partial charge < -0.3 is 20.1 Å². The Morgan fingerprint density at radius 2 is 2.04 bits per heavy atom. The zero-order valence-corrected chi connectivity index (χ0v) is 15.2. The summed E-state index contributed by atoms with van der Waals surface area (Å²) in [5, 5.41) is 13.6. The first-order chi connectivity index (χ1) is 12.5. The van der Waals surface area contributed by atoms with E-state index in [1.165, 1.54) is 6.92 Å². The van der Waals surface area contributed by atoms with E-state index >= 15 is 0 Å². The normalized spacial score (nSPS) is 21.4. The zero-order valence-electron chi connectivity index (χ0n) is 15.2. The van der Waals surface area contributed by atoms with Crippen molar-refractivity contribution in [1.29, 1.82) is 0 Å². The fourth-order valence-corrected chi connectivity index (χ4v) is 3.59. The summed E-state index contributed by atoms with van der Waals surface area (Å²) in [6.07, 6.45) is 0. The van der Waals surface area contributed by atoms with Crippen LogP contribution in [0.5, 0.6) is 5.75 Å². The van der Waals surface area contributed by atoms with E-state index in [0.29, 0.717) is 18.8 Å². The van der Waals surface area contributed by atoms with Crippen LogP contribution in [0.1, 0.15) is 18.5 Å². The number of amides is 1. The van der Waals surface area contributed by atoms with Crippen molar-refractivity contribution in [1.82, 2.24) is 15.1 Å². The van der Waals surface area contributed by atoms with E-state index in [2.05, 4.69) is 10.2 Å². The molecule has 0 aromatic heterocycles. The number of nitrogens with one attached hydrogen (secondary N) is 1. The average Bonchev–Trinajstić information content (AvgIpc) is 2.92. The van der Waals surface area contributed by atoms with Gasteiger partial charge in [0.1, 0.15) is 5.75 Å². The third kappa shape index (κ3) is 3.59. The smallest absolute Gasteiger partial charge is 0.290 e. The van der Waals surface area contributed by atoms with Gasteiger partial charge in [-0.2, -0.15) is 0 Å². The molecule has 1 saturated heterocycles. The Morgan fingerprint density at radius 3 is 2.69 bits per heavy atom. The Bertz CT molecular complexity index is 725. The molecule has 3 rings (SSSR count). The first-order valence-electron chi connectivity index (χ1n) is 8.85. The minimum Gasteiger partial charge on any atom is -0.503 e. The number of carbonyl (C=O) groups is 2. The van der Waals surface area contributed by atoms with Crippen molar-refractivity contribution in [2.75, 3.05) is 46.4 Å². The molecule has 0 bridgehead atoms. The molecule has 26 heavy (non-hydrogen) atoms. The van der Waals surface area contributed by atoms with Crippen LogP contribution in [0.3, 0.4) is 0 Å². The van der Waals surface area contributed by atoms with Crippen LogP contribution < -0.4 is 10.1 Å². The minimum absolute atomic E-state index is 0.156. The Hall–Kier alpha value is -2.38. The molecular formula is C19H25N3O4. The molecule has 0 aliphatic carbocycles. The number of hydrogen-bond acceptors (Lipinski definition) is 6. The molecule has 1 amide bonds. The second kappa shape index (κ2) is 7.88. The molecule has 2 aliphatic heterocycles. The topological polar surface area (TPSA) is 82.1 Å². The van der Waals surface area contributed by atoms with Crippen molar-refractivity contribution in [2.24, 2.45) is 0 Å². The lowest BCUT2D eigenvalue weighted by Crippen LogP contribution is -2.47. The number of aliphatic hydroxyl groups is 1. The molecular weight excluding hydrogens is 334 g/mol. The predicted molar refractivity (Wildman–Crippen MR) is 97.1 cm³/mol. The third-order valence-electron chi connectivity index (χ3n) is 4.96. The van der Waals surface area contributed by atoms with E-state index in [1.807, 2.05) is 18.2 Å². The highest BCUT2D eigenvalue weighted by atomic mass is 16.5. The number of nitrogens with zero attached hydrogens (tertiary/aromatic N) is 2. The van der Waals surface area contributed by atoms with Crippen LogP contribution in [0.4, 0.5) is 0 Å². The maximum absolute atomic E-state index is 12.6. The molecule has 1 aromatic rings. The number of ketones is 1. The number of ether oxygens (including phenoxy) is 1. The maximum Gasteiger partial charge on any atom is 0.290 e. The standard InChI is InChI=1S/C19H25N3O4/c1-13(23)16-17(14-4-3-5-15(12-14)26-2)22(19(25)18(16)24)11-10-21-8-6-20-7-9-21/h3-5,12,17,20,24H,6-11H2,1-2H3/t17-/m1/s1. The van der Waals surface area contributed by atoms with E-state index in [0.717, 1.165) is 31.7 Å². The first-order valence-corrected chi connectivity index (χ1v) is 8.85. The van der Waals surface area contributed by atoms with Crippen molar-refractivity contribution in [2.45, 2.75) is 13.0 Å². The van der Waals surface area contributed by atoms with Gasteiger partial charge in [0, 0.05) is 39.3 Å². The molecule has 0 saturated carbocycles. The van der Waals surface area contributed by atoms with Gasteiger partial charge >= 0.3 is 0 Å². The molecule has 1 aromatic carbocycles. The monoisotopic (exact) mass is 359 g/mol. The van der Waals surface area contributed by atoms with Crippen LogP contribution in [0.25, 0.3) is 0 Å². The summed E-state index contributed by atoms with van der Waals surface area (Å²) < 4.78 is 5.27. The van der Waals surface area contributed by atoms with Crippen molar-refractivity contribution in [3.63, 3.8) is 0 Å². The molecule has 2 N–H and O–H groups in total. The summed E-state index contributed by atoms with van der Waals surface area (Å²) in [6.45, 7) is 6.22. The van der Waals surface area contributed by atoms with E-state index in [-0.39, 0.29) is 11.4 Å². The lowest BCUT2D eigenvalue weighted by molar-refractivity contribution is -0.129. The van der Waals surface area contributed by atoms with Crippen molar-refractivity contribution in [3.05, 3.63) is 41.2 Å². The summed E-state index contributed by atoms with van der Waals surface area (Å²) in [7, 11) is 1.57. The largest absolute Gasteiger partial charge is 0.503 e. The van der Waals surface area contributed by atoms with E-state index < -0.39 is 17.7 Å². The Labute approximate surface area is 153 Å². The summed E-state index contributed by atoms with van der Waals surface area (Å²) in [4.78, 5) is 28.6. The average molecular weight is 359 g/mol. The van der Waals surface area contributed by atoms with Crippen molar-refractivity contribution >= 4 is 11.7 Å². The van der Waals surface area contributed by atoms with Crippen LogP contribution in [-0.2, 0) is 9.59 Å². The molecule has 0 spiro atoms. The van der Waals surface area contributed by atoms with Crippen molar-refractivity contribution in [3.8, 4) is 5.75 Å². The summed E-state index contributed by atoms with van der Waals surface area (Å²) in [5.74, 6) is -0.580. The Morgan fingerprint density at radius 1 is 1.31 bits per heavy atom. The van der Waals surface area contributed by atoms with E-state index in [4.69, 9.17) is 4.74 Å². The summed E-state index contributed by atoms with van der Waals surface area (Å²) in [5.41, 5.74) is 0.913. The predicted octanol–water partition coefficient (Wildman–Crippen LogP) is 0.885. The highest BCUT2D eigenvalue weighted by Gasteiger charge is 2.42. The molecule has 7 heteroatoms. The van der Waals surface area contributed by atoms with E-state index in [9.17, 15) is 14.7 Å². The number of aliphatic hydroxyl groups excluding tert-OH is 1. The van der Waals surface area contributed by atoms with Gasteiger partial charge in [0.25, 0.3) is 5.91 Å². The van der Waals surface area contributed by atoms with Crippen LogP contribution in [0.15, 0.2) is 35.6 Å². The maximum atomic E-state index is 12.6. The lowest BCUT2D eigenvalue weighted by atomic mass is 9.96. The molecule has 2 aliphatic rings. The van der Waals surface area contributed by atoms with Crippen LogP contribution in [0.2, 0.25) is 0 Å². The van der Waals surface area contributed by atoms with E-state index in [1.54, 1.807) is 18.1 Å². The number of Topliss-reactive ketones (excluding diaryl/α,β-unsaturated/α-hetero) is 1. The van der Waals surface area contributed by atoms with Crippen LogP contribution in [0, 0.1) is 0 Å². The van der Waals surface area contributed by atoms with Crippen LogP contribution >= 0.6 is 0 Å². The fourth-order valence-electron chi connectivity index (χ4n) is 3.59. The van der Waals surface area contributed by atoms with Crippen LogP contribution in [-0.4, -0.2) is 73.0 Å².